The number of hydrogen-bond acceptors (Lipinski definition) is 3. The lowest BCUT2D eigenvalue weighted by molar-refractivity contribution is -0.117. The van der Waals surface area contributed by atoms with Crippen LogP contribution in [0.25, 0.3) is 0 Å². The summed E-state index contributed by atoms with van der Waals surface area (Å²) in [7, 11) is 0. The van der Waals surface area contributed by atoms with Gasteiger partial charge in [0.25, 0.3) is 0 Å². The maximum atomic E-state index is 12.1. The first-order valence-corrected chi connectivity index (χ1v) is 7.24. The number of rotatable bonds is 3. The first-order valence-electron chi connectivity index (χ1n) is 7.24. The number of nitrogens with two attached hydrogens (primary N) is 1. The predicted molar refractivity (Wildman–Crippen MR) is 83.7 cm³/mol. The predicted octanol–water partition coefficient (Wildman–Crippen LogP) is 2.64. The summed E-state index contributed by atoms with van der Waals surface area (Å²) in [5.74, 6) is 0.0402. The number of benzene rings is 1. The molecule has 1 aromatic carbocycles. The molecule has 0 saturated carbocycles. The zero-order valence-electron chi connectivity index (χ0n) is 12.7. The van der Waals surface area contributed by atoms with Gasteiger partial charge in [0.2, 0.25) is 5.91 Å². The SMILES string of the molecule is Cc1ccc(N)cc1NC(=O)CN1CCC(C)(C)CC1. The number of amides is 1. The van der Waals surface area contributed by atoms with Gasteiger partial charge in [0, 0.05) is 11.4 Å². The number of piperidine rings is 1. The minimum atomic E-state index is 0.0402. The number of nitrogen functional groups attached to an aromatic ring is 1. The summed E-state index contributed by atoms with van der Waals surface area (Å²) in [4.78, 5) is 14.3. The van der Waals surface area contributed by atoms with E-state index in [0.29, 0.717) is 17.6 Å². The second-order valence-electron chi connectivity index (χ2n) is 6.56. The molecule has 20 heavy (non-hydrogen) atoms. The van der Waals surface area contributed by atoms with E-state index in [4.69, 9.17) is 5.73 Å². The Bertz CT molecular complexity index is 486. The second-order valence-corrected chi connectivity index (χ2v) is 6.56. The van der Waals surface area contributed by atoms with Crippen LogP contribution in [-0.2, 0) is 4.79 Å². The van der Waals surface area contributed by atoms with Crippen molar-refractivity contribution >= 4 is 17.3 Å². The van der Waals surface area contributed by atoms with Gasteiger partial charge in [0.05, 0.1) is 6.54 Å². The number of carbonyl (C=O) groups is 1. The van der Waals surface area contributed by atoms with Crippen LogP contribution >= 0.6 is 0 Å². The molecule has 1 fully saturated rings. The summed E-state index contributed by atoms with van der Waals surface area (Å²) < 4.78 is 0. The topological polar surface area (TPSA) is 58.4 Å². The van der Waals surface area contributed by atoms with E-state index < -0.39 is 0 Å². The molecular formula is C16H25N3O. The molecule has 4 heteroatoms. The van der Waals surface area contributed by atoms with Crippen molar-refractivity contribution in [2.75, 3.05) is 30.7 Å². The smallest absolute Gasteiger partial charge is 0.238 e. The van der Waals surface area contributed by atoms with Gasteiger partial charge in [-0.1, -0.05) is 19.9 Å². The summed E-state index contributed by atoms with van der Waals surface area (Å²) in [6, 6.07) is 5.58. The van der Waals surface area contributed by atoms with Crippen molar-refractivity contribution in [3.63, 3.8) is 0 Å². The lowest BCUT2D eigenvalue weighted by Gasteiger charge is -2.36. The first kappa shape index (κ1) is 14.9. The maximum Gasteiger partial charge on any atom is 0.238 e. The molecule has 0 atom stereocenters. The van der Waals surface area contributed by atoms with Gasteiger partial charge in [0.15, 0.2) is 0 Å². The molecule has 0 bridgehead atoms. The molecule has 0 unspecified atom stereocenters. The Morgan fingerprint density at radius 1 is 1.35 bits per heavy atom. The van der Waals surface area contributed by atoms with E-state index in [1.54, 1.807) is 0 Å². The summed E-state index contributed by atoms with van der Waals surface area (Å²) in [6.45, 7) is 9.01. The van der Waals surface area contributed by atoms with Crippen molar-refractivity contribution in [2.24, 2.45) is 5.41 Å². The summed E-state index contributed by atoms with van der Waals surface area (Å²) >= 11 is 0. The molecule has 1 aliphatic heterocycles. The minimum Gasteiger partial charge on any atom is -0.399 e. The molecule has 0 radical (unpaired) electrons. The van der Waals surface area contributed by atoms with Gasteiger partial charge in [-0.25, -0.2) is 0 Å². The number of aryl methyl sites for hydroxylation is 1. The number of nitrogens with zero attached hydrogens (tertiary/aromatic N) is 1. The molecular weight excluding hydrogens is 250 g/mol. The lowest BCUT2D eigenvalue weighted by Crippen LogP contribution is -2.41. The van der Waals surface area contributed by atoms with Crippen LogP contribution in [0.1, 0.15) is 32.3 Å². The number of likely N-dealkylation sites (tertiary alicyclic amines) is 1. The van der Waals surface area contributed by atoms with E-state index in [0.717, 1.165) is 37.2 Å². The van der Waals surface area contributed by atoms with E-state index in [1.165, 1.54) is 0 Å². The molecule has 0 aromatic heterocycles. The van der Waals surface area contributed by atoms with Gasteiger partial charge in [-0.15, -0.1) is 0 Å². The Morgan fingerprint density at radius 2 is 2.00 bits per heavy atom. The molecule has 0 aliphatic carbocycles. The van der Waals surface area contributed by atoms with Crippen molar-refractivity contribution in [1.82, 2.24) is 4.90 Å². The monoisotopic (exact) mass is 275 g/mol. The third kappa shape index (κ3) is 3.97. The second kappa shape index (κ2) is 5.83. The van der Waals surface area contributed by atoms with Crippen molar-refractivity contribution < 1.29 is 4.79 Å². The molecule has 1 aliphatic rings. The molecule has 3 N–H and O–H groups in total. The van der Waals surface area contributed by atoms with Crippen molar-refractivity contribution in [3.8, 4) is 0 Å². The maximum absolute atomic E-state index is 12.1. The molecule has 110 valence electrons. The van der Waals surface area contributed by atoms with Gasteiger partial charge >= 0.3 is 0 Å². The van der Waals surface area contributed by atoms with Crippen LogP contribution in [0, 0.1) is 12.3 Å². The highest BCUT2D eigenvalue weighted by Gasteiger charge is 2.26. The molecule has 1 heterocycles. The average molecular weight is 275 g/mol. The highest BCUT2D eigenvalue weighted by molar-refractivity contribution is 5.93. The number of nitrogens with one attached hydrogen (secondary N) is 1. The van der Waals surface area contributed by atoms with Crippen LogP contribution < -0.4 is 11.1 Å². The number of hydrogen-bond donors (Lipinski definition) is 2. The standard InChI is InChI=1S/C16H25N3O/c1-12-4-5-13(17)10-14(12)18-15(20)11-19-8-6-16(2,3)7-9-19/h4-5,10H,6-9,11,17H2,1-3H3,(H,18,20). The number of carbonyl (C=O) groups excluding carboxylic acids is 1. The van der Waals surface area contributed by atoms with Crippen molar-refractivity contribution in [1.29, 1.82) is 0 Å². The molecule has 2 rings (SSSR count). The van der Waals surface area contributed by atoms with Gasteiger partial charge in [-0.3, -0.25) is 9.69 Å². The highest BCUT2D eigenvalue weighted by Crippen LogP contribution is 2.29. The van der Waals surface area contributed by atoms with Crippen LogP contribution in [0.3, 0.4) is 0 Å². The van der Waals surface area contributed by atoms with Gasteiger partial charge in [0.1, 0.15) is 0 Å². The van der Waals surface area contributed by atoms with E-state index in [1.807, 2.05) is 25.1 Å². The van der Waals surface area contributed by atoms with E-state index >= 15 is 0 Å². The largest absolute Gasteiger partial charge is 0.399 e. The van der Waals surface area contributed by atoms with Crippen LogP contribution in [-0.4, -0.2) is 30.4 Å². The first-order chi connectivity index (χ1) is 9.35. The van der Waals surface area contributed by atoms with Crippen LogP contribution in [0.15, 0.2) is 18.2 Å². The zero-order chi connectivity index (χ0) is 14.8. The molecule has 1 saturated heterocycles. The fourth-order valence-corrected chi connectivity index (χ4v) is 2.48. The van der Waals surface area contributed by atoms with Crippen LogP contribution in [0.5, 0.6) is 0 Å². The van der Waals surface area contributed by atoms with Crippen LogP contribution in [0.2, 0.25) is 0 Å². The van der Waals surface area contributed by atoms with Crippen LogP contribution in [0.4, 0.5) is 11.4 Å². The van der Waals surface area contributed by atoms with Gasteiger partial charge in [-0.2, -0.15) is 0 Å². The Morgan fingerprint density at radius 3 is 2.65 bits per heavy atom. The van der Waals surface area contributed by atoms with E-state index in [2.05, 4.69) is 24.1 Å². The van der Waals surface area contributed by atoms with Crippen molar-refractivity contribution in [3.05, 3.63) is 23.8 Å². The Hall–Kier alpha value is -1.55. The summed E-state index contributed by atoms with van der Waals surface area (Å²) in [5, 5.41) is 2.96. The molecule has 1 aromatic rings. The summed E-state index contributed by atoms with van der Waals surface area (Å²) in [6.07, 6.45) is 2.30. The molecule has 0 spiro atoms. The Balaban J connectivity index is 1.88. The Kier molecular flexibility index (Phi) is 4.33. The third-order valence-corrected chi connectivity index (χ3v) is 4.11. The number of anilines is 2. The quantitative estimate of drug-likeness (QED) is 0.834. The summed E-state index contributed by atoms with van der Waals surface area (Å²) in [5.41, 5.74) is 8.69. The fraction of sp³-hybridized carbons (Fsp3) is 0.562. The lowest BCUT2D eigenvalue weighted by atomic mass is 9.83. The zero-order valence-corrected chi connectivity index (χ0v) is 12.7. The third-order valence-electron chi connectivity index (χ3n) is 4.11. The normalized spacial score (nSPS) is 18.8. The fourth-order valence-electron chi connectivity index (χ4n) is 2.48. The molecule has 1 amide bonds. The van der Waals surface area contributed by atoms with Gasteiger partial charge in [-0.05, 0) is 56.0 Å². The van der Waals surface area contributed by atoms with Gasteiger partial charge < -0.3 is 11.1 Å². The molecule has 4 nitrogen and oxygen atoms in total. The van der Waals surface area contributed by atoms with E-state index in [9.17, 15) is 4.79 Å². The Labute approximate surface area is 121 Å². The van der Waals surface area contributed by atoms with Crippen molar-refractivity contribution in [2.45, 2.75) is 33.6 Å². The minimum absolute atomic E-state index is 0.0402. The highest BCUT2D eigenvalue weighted by atomic mass is 16.2. The van der Waals surface area contributed by atoms with E-state index in [-0.39, 0.29) is 5.91 Å². The average Bonchev–Trinajstić information content (AvgIpc) is 2.36.